The van der Waals surface area contributed by atoms with E-state index in [9.17, 15) is 0 Å². The normalized spacial score (nSPS) is 15.9. The monoisotopic (exact) mass is 318 g/mol. The van der Waals surface area contributed by atoms with Crippen LogP contribution in [0.4, 0.5) is 0 Å². The first-order chi connectivity index (χ1) is 7.79. The molecule has 0 aliphatic carbocycles. The average Bonchev–Trinajstić information content (AvgIpc) is 2.75. The van der Waals surface area contributed by atoms with Gasteiger partial charge in [0.1, 0.15) is 0 Å². The first-order valence-electron chi connectivity index (χ1n) is 5.99. The standard InChI is InChI=1S/C13H19BrN2.ClH/c14-13-9-11(5-6-15)3-4-12(13)10-16-7-1-2-8-16;/h3-4,9H,1-2,5-8,10,15H2;1H. The fraction of sp³-hybridized carbons (Fsp3) is 0.538. The first-order valence-corrected chi connectivity index (χ1v) is 6.78. The number of rotatable bonds is 4. The molecule has 0 spiro atoms. The molecule has 0 radical (unpaired) electrons. The highest BCUT2D eigenvalue weighted by molar-refractivity contribution is 9.10. The van der Waals surface area contributed by atoms with Gasteiger partial charge in [0.05, 0.1) is 0 Å². The van der Waals surface area contributed by atoms with Gasteiger partial charge in [0, 0.05) is 11.0 Å². The molecule has 1 saturated heterocycles. The molecule has 1 aliphatic heterocycles. The Morgan fingerprint density at radius 1 is 1.24 bits per heavy atom. The largest absolute Gasteiger partial charge is 0.330 e. The lowest BCUT2D eigenvalue weighted by Gasteiger charge is -2.16. The lowest BCUT2D eigenvalue weighted by Crippen LogP contribution is -2.18. The van der Waals surface area contributed by atoms with Gasteiger partial charge in [-0.1, -0.05) is 28.1 Å². The number of nitrogens with two attached hydrogens (primary N) is 1. The molecule has 17 heavy (non-hydrogen) atoms. The smallest absolute Gasteiger partial charge is 0.0244 e. The van der Waals surface area contributed by atoms with Crippen molar-refractivity contribution in [2.75, 3.05) is 19.6 Å². The summed E-state index contributed by atoms with van der Waals surface area (Å²) in [5.74, 6) is 0. The van der Waals surface area contributed by atoms with Crippen molar-refractivity contribution in [3.8, 4) is 0 Å². The van der Waals surface area contributed by atoms with Gasteiger partial charge in [-0.15, -0.1) is 12.4 Å². The fourth-order valence-electron chi connectivity index (χ4n) is 2.22. The summed E-state index contributed by atoms with van der Waals surface area (Å²) in [4.78, 5) is 2.52. The molecule has 0 saturated carbocycles. The number of benzene rings is 1. The van der Waals surface area contributed by atoms with E-state index in [2.05, 4.69) is 39.0 Å². The van der Waals surface area contributed by atoms with Gasteiger partial charge in [0.15, 0.2) is 0 Å². The van der Waals surface area contributed by atoms with Gasteiger partial charge in [-0.25, -0.2) is 0 Å². The minimum atomic E-state index is 0. The minimum absolute atomic E-state index is 0. The van der Waals surface area contributed by atoms with Gasteiger partial charge < -0.3 is 5.73 Å². The SMILES string of the molecule is Cl.NCCc1ccc(CN2CCCC2)c(Br)c1. The van der Waals surface area contributed by atoms with E-state index < -0.39 is 0 Å². The topological polar surface area (TPSA) is 29.3 Å². The zero-order valence-corrected chi connectivity index (χ0v) is 12.4. The van der Waals surface area contributed by atoms with E-state index in [1.807, 2.05) is 0 Å². The third-order valence-corrected chi connectivity index (χ3v) is 3.88. The maximum atomic E-state index is 5.56. The Labute approximate surface area is 118 Å². The van der Waals surface area contributed by atoms with Gasteiger partial charge in [0.25, 0.3) is 0 Å². The summed E-state index contributed by atoms with van der Waals surface area (Å²) in [6.07, 6.45) is 3.66. The Kier molecular flexibility index (Phi) is 6.49. The van der Waals surface area contributed by atoms with Crippen molar-refractivity contribution in [1.82, 2.24) is 4.90 Å². The zero-order chi connectivity index (χ0) is 11.4. The van der Waals surface area contributed by atoms with Gasteiger partial charge in [-0.05, 0) is 56.1 Å². The Morgan fingerprint density at radius 2 is 1.94 bits per heavy atom. The van der Waals surface area contributed by atoms with Crippen LogP contribution in [0.3, 0.4) is 0 Å². The van der Waals surface area contributed by atoms with Crippen molar-refractivity contribution in [1.29, 1.82) is 0 Å². The second kappa shape index (κ2) is 7.37. The van der Waals surface area contributed by atoms with E-state index in [1.54, 1.807) is 0 Å². The molecule has 1 aromatic carbocycles. The average molecular weight is 320 g/mol. The fourth-order valence-corrected chi connectivity index (χ4v) is 2.77. The molecule has 1 aliphatic rings. The van der Waals surface area contributed by atoms with Crippen molar-refractivity contribution >= 4 is 28.3 Å². The van der Waals surface area contributed by atoms with Gasteiger partial charge >= 0.3 is 0 Å². The molecule has 0 atom stereocenters. The summed E-state index contributed by atoms with van der Waals surface area (Å²) in [6.45, 7) is 4.29. The zero-order valence-electron chi connectivity index (χ0n) is 9.99. The summed E-state index contributed by atoms with van der Waals surface area (Å²) >= 11 is 3.66. The summed E-state index contributed by atoms with van der Waals surface area (Å²) in [6, 6.07) is 6.63. The van der Waals surface area contributed by atoms with Crippen molar-refractivity contribution in [3.05, 3.63) is 33.8 Å². The molecule has 4 heteroatoms. The second-order valence-electron chi connectivity index (χ2n) is 4.45. The molecule has 1 heterocycles. The van der Waals surface area contributed by atoms with E-state index in [4.69, 9.17) is 5.73 Å². The molecule has 0 bridgehead atoms. The van der Waals surface area contributed by atoms with Crippen molar-refractivity contribution in [2.24, 2.45) is 5.73 Å². The molecule has 2 rings (SSSR count). The third-order valence-electron chi connectivity index (χ3n) is 3.14. The number of halogens is 2. The Bertz CT molecular complexity index is 351. The molecular formula is C13H20BrClN2. The van der Waals surface area contributed by atoms with Gasteiger partial charge in [0.2, 0.25) is 0 Å². The molecule has 96 valence electrons. The van der Waals surface area contributed by atoms with Crippen LogP contribution in [0.15, 0.2) is 22.7 Å². The summed E-state index contributed by atoms with van der Waals surface area (Å²) in [5.41, 5.74) is 8.27. The lowest BCUT2D eigenvalue weighted by molar-refractivity contribution is 0.331. The van der Waals surface area contributed by atoms with Crippen LogP contribution in [0.5, 0.6) is 0 Å². The highest BCUT2D eigenvalue weighted by atomic mass is 79.9. The van der Waals surface area contributed by atoms with E-state index in [0.717, 1.165) is 19.5 Å². The maximum absolute atomic E-state index is 5.56. The van der Waals surface area contributed by atoms with Crippen molar-refractivity contribution in [2.45, 2.75) is 25.8 Å². The predicted molar refractivity (Wildman–Crippen MR) is 78.7 cm³/mol. The quantitative estimate of drug-likeness (QED) is 0.924. The number of hydrogen-bond acceptors (Lipinski definition) is 2. The van der Waals surface area contributed by atoms with Crippen LogP contribution in [0.1, 0.15) is 24.0 Å². The van der Waals surface area contributed by atoms with Gasteiger partial charge in [-0.3, -0.25) is 4.90 Å². The van der Waals surface area contributed by atoms with Crippen molar-refractivity contribution < 1.29 is 0 Å². The Morgan fingerprint density at radius 3 is 2.53 bits per heavy atom. The number of likely N-dealkylation sites (tertiary alicyclic amines) is 1. The third kappa shape index (κ3) is 4.25. The molecule has 2 N–H and O–H groups in total. The van der Waals surface area contributed by atoms with Crippen LogP contribution in [0, 0.1) is 0 Å². The minimum Gasteiger partial charge on any atom is -0.330 e. The molecule has 0 amide bonds. The highest BCUT2D eigenvalue weighted by Gasteiger charge is 2.13. The molecular weight excluding hydrogens is 300 g/mol. The predicted octanol–water partition coefficient (Wildman–Crippen LogP) is 2.97. The molecule has 1 aromatic rings. The van der Waals surface area contributed by atoms with Crippen molar-refractivity contribution in [3.63, 3.8) is 0 Å². The van der Waals surface area contributed by atoms with Crippen LogP contribution in [-0.2, 0) is 13.0 Å². The van der Waals surface area contributed by atoms with E-state index in [-0.39, 0.29) is 12.4 Å². The molecule has 0 aromatic heterocycles. The Balaban J connectivity index is 0.00000144. The molecule has 2 nitrogen and oxygen atoms in total. The maximum Gasteiger partial charge on any atom is 0.0244 e. The highest BCUT2D eigenvalue weighted by Crippen LogP contribution is 2.22. The van der Waals surface area contributed by atoms with E-state index in [1.165, 1.54) is 41.5 Å². The van der Waals surface area contributed by atoms with Gasteiger partial charge in [-0.2, -0.15) is 0 Å². The Hall–Kier alpha value is -0.0900. The summed E-state index contributed by atoms with van der Waals surface area (Å²) < 4.78 is 1.23. The van der Waals surface area contributed by atoms with Crippen LogP contribution in [0.25, 0.3) is 0 Å². The summed E-state index contributed by atoms with van der Waals surface area (Å²) in [7, 11) is 0. The number of nitrogens with zero attached hydrogens (tertiary/aromatic N) is 1. The molecule has 1 fully saturated rings. The van der Waals surface area contributed by atoms with Crippen LogP contribution >= 0.6 is 28.3 Å². The first kappa shape index (κ1) is 15.0. The van der Waals surface area contributed by atoms with Crippen LogP contribution in [0.2, 0.25) is 0 Å². The number of hydrogen-bond donors (Lipinski definition) is 1. The van der Waals surface area contributed by atoms with E-state index >= 15 is 0 Å². The van der Waals surface area contributed by atoms with Crippen LogP contribution in [-0.4, -0.2) is 24.5 Å². The second-order valence-corrected chi connectivity index (χ2v) is 5.30. The molecule has 0 unspecified atom stereocenters. The van der Waals surface area contributed by atoms with E-state index in [0.29, 0.717) is 0 Å². The lowest BCUT2D eigenvalue weighted by atomic mass is 10.1. The summed E-state index contributed by atoms with van der Waals surface area (Å²) in [5, 5.41) is 0. The van der Waals surface area contributed by atoms with Crippen LogP contribution < -0.4 is 5.73 Å².